The number of nitriles is 1. The summed E-state index contributed by atoms with van der Waals surface area (Å²) in [5.74, 6) is -0.618. The molecule has 0 saturated carbocycles. The zero-order valence-electron chi connectivity index (χ0n) is 9.32. The molecule has 0 bridgehead atoms. The van der Waals surface area contributed by atoms with Crippen LogP contribution in [0.5, 0.6) is 0 Å². The first-order valence-corrected chi connectivity index (χ1v) is 5.03. The van der Waals surface area contributed by atoms with Crippen molar-refractivity contribution in [3.63, 3.8) is 0 Å². The number of methoxy groups -OCH3 is 1. The fourth-order valence-corrected chi connectivity index (χ4v) is 1.51. The van der Waals surface area contributed by atoms with Crippen molar-refractivity contribution in [2.24, 2.45) is 5.92 Å². The fraction of sp³-hybridized carbons (Fsp3) is 0.417. The van der Waals surface area contributed by atoms with Crippen LogP contribution in [0.2, 0.25) is 0 Å². The van der Waals surface area contributed by atoms with Gasteiger partial charge in [0, 0.05) is 6.42 Å². The van der Waals surface area contributed by atoms with E-state index in [1.807, 2.05) is 13.0 Å². The van der Waals surface area contributed by atoms with Crippen molar-refractivity contribution < 1.29 is 14.3 Å². The second-order valence-corrected chi connectivity index (χ2v) is 3.72. The van der Waals surface area contributed by atoms with Gasteiger partial charge in [-0.2, -0.15) is 5.26 Å². The summed E-state index contributed by atoms with van der Waals surface area (Å²) in [6.45, 7) is 1.92. The lowest BCUT2D eigenvalue weighted by atomic mass is 9.93. The molecule has 16 heavy (non-hydrogen) atoms. The minimum Gasteiger partial charge on any atom is -0.465 e. The Balaban J connectivity index is 3.15. The van der Waals surface area contributed by atoms with Crippen molar-refractivity contribution in [1.29, 1.82) is 5.26 Å². The first kappa shape index (κ1) is 12.2. The number of hydrogen-bond donors (Lipinski definition) is 0. The van der Waals surface area contributed by atoms with Crippen LogP contribution in [0.3, 0.4) is 0 Å². The second kappa shape index (κ2) is 5.26. The maximum Gasteiger partial charge on any atom is 0.337 e. The van der Waals surface area contributed by atoms with Crippen molar-refractivity contribution in [2.75, 3.05) is 7.11 Å². The zero-order valence-corrected chi connectivity index (χ0v) is 9.32. The smallest absolute Gasteiger partial charge is 0.337 e. The molecule has 0 aromatic rings. The average Bonchev–Trinajstić information content (AvgIpc) is 2.28. The first-order chi connectivity index (χ1) is 7.58. The summed E-state index contributed by atoms with van der Waals surface area (Å²) >= 11 is 0. The lowest BCUT2D eigenvalue weighted by Gasteiger charge is -2.11. The van der Waals surface area contributed by atoms with E-state index in [0.717, 1.165) is 0 Å². The SMILES string of the molecule is COC(=O)C1=C/C(C)CCC(=O)/C(C#N)=C\1. The maximum absolute atomic E-state index is 11.5. The van der Waals surface area contributed by atoms with Crippen molar-refractivity contribution >= 4 is 11.8 Å². The van der Waals surface area contributed by atoms with Gasteiger partial charge in [-0.25, -0.2) is 4.79 Å². The highest BCUT2D eigenvalue weighted by molar-refractivity contribution is 6.02. The number of rotatable bonds is 1. The molecule has 0 saturated heterocycles. The van der Waals surface area contributed by atoms with E-state index in [0.29, 0.717) is 12.8 Å². The Hall–Kier alpha value is -1.89. The largest absolute Gasteiger partial charge is 0.465 e. The van der Waals surface area contributed by atoms with Crippen LogP contribution in [-0.4, -0.2) is 18.9 Å². The van der Waals surface area contributed by atoms with Gasteiger partial charge in [0.2, 0.25) is 0 Å². The lowest BCUT2D eigenvalue weighted by Crippen LogP contribution is -2.12. The van der Waals surface area contributed by atoms with Crippen LogP contribution in [0.1, 0.15) is 19.8 Å². The Kier molecular flexibility index (Phi) is 4.01. The number of allylic oxidation sites excluding steroid dienone is 2. The molecule has 4 nitrogen and oxygen atoms in total. The number of esters is 1. The third-order valence-corrected chi connectivity index (χ3v) is 2.43. The summed E-state index contributed by atoms with van der Waals surface area (Å²) in [6.07, 6.45) is 4.02. The maximum atomic E-state index is 11.5. The molecule has 1 atom stereocenters. The number of ketones is 1. The Morgan fingerprint density at radius 2 is 2.31 bits per heavy atom. The van der Waals surface area contributed by atoms with E-state index < -0.39 is 5.97 Å². The molecule has 0 N–H and O–H groups in total. The van der Waals surface area contributed by atoms with Gasteiger partial charge in [-0.3, -0.25) is 4.79 Å². The number of ether oxygens (including phenoxy) is 1. The van der Waals surface area contributed by atoms with Crippen molar-refractivity contribution in [2.45, 2.75) is 19.8 Å². The van der Waals surface area contributed by atoms with E-state index in [2.05, 4.69) is 4.74 Å². The van der Waals surface area contributed by atoms with E-state index in [9.17, 15) is 9.59 Å². The average molecular weight is 219 g/mol. The molecule has 4 heteroatoms. The predicted octanol–water partition coefficient (Wildman–Crippen LogP) is 1.53. The van der Waals surface area contributed by atoms with E-state index in [1.54, 1.807) is 6.08 Å². The van der Waals surface area contributed by atoms with Gasteiger partial charge in [0.1, 0.15) is 6.07 Å². The Bertz CT molecular complexity index is 412. The van der Waals surface area contributed by atoms with Crippen molar-refractivity contribution in [1.82, 2.24) is 0 Å². The number of hydrogen-bond acceptors (Lipinski definition) is 4. The molecule has 1 aliphatic carbocycles. The molecule has 1 unspecified atom stereocenters. The van der Waals surface area contributed by atoms with E-state index in [4.69, 9.17) is 5.26 Å². The number of carbonyl (C=O) groups excluding carboxylic acids is 2. The topological polar surface area (TPSA) is 67.2 Å². The van der Waals surface area contributed by atoms with Gasteiger partial charge in [0.15, 0.2) is 5.78 Å². The van der Waals surface area contributed by atoms with Crippen LogP contribution >= 0.6 is 0 Å². The molecule has 0 aromatic heterocycles. The minimum absolute atomic E-state index is 0.0172. The van der Waals surface area contributed by atoms with Gasteiger partial charge in [0.25, 0.3) is 0 Å². The van der Waals surface area contributed by atoms with E-state index >= 15 is 0 Å². The fourth-order valence-electron chi connectivity index (χ4n) is 1.51. The highest BCUT2D eigenvalue weighted by Gasteiger charge is 2.18. The van der Waals surface area contributed by atoms with Crippen LogP contribution in [0, 0.1) is 17.2 Å². The molecular weight excluding hydrogens is 206 g/mol. The van der Waals surface area contributed by atoms with Crippen LogP contribution in [0.25, 0.3) is 0 Å². The molecule has 0 radical (unpaired) electrons. The number of Topliss-reactive ketones (excluding diaryl/α,β-unsaturated/α-hetero) is 1. The summed E-state index contributed by atoms with van der Waals surface area (Å²) < 4.78 is 4.59. The molecule has 0 amide bonds. The second-order valence-electron chi connectivity index (χ2n) is 3.72. The number of nitrogens with zero attached hydrogens (tertiary/aromatic N) is 1. The normalized spacial score (nSPS) is 27.6. The predicted molar refractivity (Wildman–Crippen MR) is 57.2 cm³/mol. The molecule has 1 aliphatic rings. The Morgan fingerprint density at radius 3 is 2.88 bits per heavy atom. The summed E-state index contributed by atoms with van der Waals surface area (Å²) in [7, 11) is 1.27. The summed E-state index contributed by atoms with van der Waals surface area (Å²) in [5.41, 5.74) is 0.295. The first-order valence-electron chi connectivity index (χ1n) is 5.03. The Labute approximate surface area is 94.2 Å². The van der Waals surface area contributed by atoms with Crippen LogP contribution in [-0.2, 0) is 14.3 Å². The Morgan fingerprint density at radius 1 is 1.62 bits per heavy atom. The summed E-state index contributed by atoms with van der Waals surface area (Å²) in [5, 5.41) is 8.80. The molecule has 84 valence electrons. The van der Waals surface area contributed by atoms with Crippen LogP contribution in [0.15, 0.2) is 23.3 Å². The molecule has 0 aliphatic heterocycles. The zero-order chi connectivity index (χ0) is 12.1. The van der Waals surface area contributed by atoms with Gasteiger partial charge >= 0.3 is 5.97 Å². The molecule has 0 spiro atoms. The van der Waals surface area contributed by atoms with Gasteiger partial charge in [-0.15, -0.1) is 0 Å². The van der Waals surface area contributed by atoms with Crippen molar-refractivity contribution in [3.8, 4) is 6.07 Å². The highest BCUT2D eigenvalue weighted by Crippen LogP contribution is 2.19. The highest BCUT2D eigenvalue weighted by atomic mass is 16.5. The molecule has 0 fully saturated rings. The quantitative estimate of drug-likeness (QED) is 0.627. The molecule has 0 aromatic carbocycles. The molecular formula is C12H13NO3. The number of carbonyl (C=O) groups is 2. The van der Waals surface area contributed by atoms with Gasteiger partial charge in [-0.05, 0) is 18.4 Å². The standard InChI is InChI=1S/C12H13NO3/c1-8-3-4-11(14)10(7-13)6-9(5-8)12(15)16-2/h5-6,8H,3-4H2,1-2H3/b9-5+,10-6-. The monoisotopic (exact) mass is 219 g/mol. The molecule has 1 rings (SSSR count). The van der Waals surface area contributed by atoms with Gasteiger partial charge in [-0.1, -0.05) is 13.0 Å². The lowest BCUT2D eigenvalue weighted by molar-refractivity contribution is -0.135. The summed E-state index contributed by atoms with van der Waals surface area (Å²) in [6, 6.07) is 1.81. The minimum atomic E-state index is -0.519. The summed E-state index contributed by atoms with van der Waals surface area (Å²) in [4.78, 5) is 22.9. The van der Waals surface area contributed by atoms with Gasteiger partial charge < -0.3 is 4.74 Å². The molecule has 0 heterocycles. The third kappa shape index (κ3) is 2.80. The van der Waals surface area contributed by atoms with Crippen molar-refractivity contribution in [3.05, 3.63) is 23.3 Å². The third-order valence-electron chi connectivity index (χ3n) is 2.43. The van der Waals surface area contributed by atoms with Gasteiger partial charge in [0.05, 0.1) is 18.3 Å². The van der Waals surface area contributed by atoms with E-state index in [-0.39, 0.29) is 22.8 Å². The van der Waals surface area contributed by atoms with Crippen LogP contribution < -0.4 is 0 Å². The van der Waals surface area contributed by atoms with Crippen LogP contribution in [0.4, 0.5) is 0 Å². The van der Waals surface area contributed by atoms with E-state index in [1.165, 1.54) is 13.2 Å².